The summed E-state index contributed by atoms with van der Waals surface area (Å²) in [6.45, 7) is 4.42. The molecule has 0 aliphatic carbocycles. The number of imidazole rings is 1. The lowest BCUT2D eigenvalue weighted by molar-refractivity contribution is 0.462. The Bertz CT molecular complexity index is 494. The average Bonchev–Trinajstić information content (AvgIpc) is 2.61. The van der Waals surface area contributed by atoms with E-state index in [0.29, 0.717) is 17.2 Å². The Hall–Kier alpha value is -1.36. The van der Waals surface area contributed by atoms with E-state index in [1.54, 1.807) is 6.20 Å². The minimum atomic E-state index is 0.629. The van der Waals surface area contributed by atoms with E-state index in [9.17, 15) is 0 Å². The quantitative estimate of drug-likeness (QED) is 0.771. The number of aryl methyl sites for hydroxylation is 2. The molecule has 0 aliphatic rings. The zero-order chi connectivity index (χ0) is 10.1. The first-order valence-electron chi connectivity index (χ1n) is 4.32. The molecule has 0 saturated carbocycles. The van der Waals surface area contributed by atoms with Crippen LogP contribution in [0.5, 0.6) is 0 Å². The summed E-state index contributed by atoms with van der Waals surface area (Å²) in [5.74, 6) is 1.50. The third-order valence-corrected chi connectivity index (χ3v) is 2.25. The second-order valence-electron chi connectivity index (χ2n) is 3.22. The second-order valence-corrected chi connectivity index (χ2v) is 3.60. The van der Waals surface area contributed by atoms with Gasteiger partial charge in [0.05, 0.1) is 12.7 Å². The molecule has 4 nitrogen and oxygen atoms in total. The molecule has 0 unspecified atom stereocenters. The van der Waals surface area contributed by atoms with Gasteiger partial charge < -0.3 is 14.0 Å². The number of nitrogens with one attached hydrogen (secondary N) is 1. The number of aromatic amines is 1. The first-order valence-corrected chi connectivity index (χ1v) is 4.73. The van der Waals surface area contributed by atoms with Crippen LogP contribution in [0.2, 0.25) is 0 Å². The highest BCUT2D eigenvalue weighted by Gasteiger charge is 2.02. The maximum atomic E-state index is 5.36. The van der Waals surface area contributed by atoms with Crippen LogP contribution in [0.3, 0.4) is 0 Å². The van der Waals surface area contributed by atoms with Crippen LogP contribution in [-0.4, -0.2) is 14.5 Å². The fraction of sp³-hybridized carbons (Fsp3) is 0.333. The van der Waals surface area contributed by atoms with Crippen molar-refractivity contribution >= 4 is 12.2 Å². The third-order valence-electron chi connectivity index (χ3n) is 1.91. The van der Waals surface area contributed by atoms with Gasteiger partial charge in [0.15, 0.2) is 10.7 Å². The van der Waals surface area contributed by atoms with Crippen LogP contribution in [0.4, 0.5) is 0 Å². The van der Waals surface area contributed by atoms with Gasteiger partial charge in [0.25, 0.3) is 0 Å². The molecule has 14 heavy (non-hydrogen) atoms. The maximum Gasteiger partial charge on any atom is 0.191 e. The molecular weight excluding hydrogens is 198 g/mol. The molecule has 2 aromatic rings. The summed E-state index contributed by atoms with van der Waals surface area (Å²) in [5.41, 5.74) is 1.05. The van der Waals surface area contributed by atoms with Gasteiger partial charge in [0.1, 0.15) is 5.76 Å². The Balaban J connectivity index is 2.26. The molecule has 0 radical (unpaired) electrons. The molecule has 5 heteroatoms. The van der Waals surface area contributed by atoms with Crippen LogP contribution < -0.4 is 0 Å². The van der Waals surface area contributed by atoms with Crippen LogP contribution in [0.1, 0.15) is 17.3 Å². The van der Waals surface area contributed by atoms with Gasteiger partial charge in [0.2, 0.25) is 0 Å². The summed E-state index contributed by atoms with van der Waals surface area (Å²) in [6, 6.07) is 0. The van der Waals surface area contributed by atoms with Crippen LogP contribution in [0.25, 0.3) is 0 Å². The monoisotopic (exact) mass is 209 g/mol. The number of hydrogen-bond acceptors (Lipinski definition) is 3. The van der Waals surface area contributed by atoms with Crippen molar-refractivity contribution < 1.29 is 4.42 Å². The van der Waals surface area contributed by atoms with E-state index < -0.39 is 0 Å². The highest BCUT2D eigenvalue weighted by Crippen LogP contribution is 2.06. The molecule has 1 N–H and O–H groups in total. The Kier molecular flexibility index (Phi) is 2.25. The van der Waals surface area contributed by atoms with Crippen molar-refractivity contribution in [2.45, 2.75) is 20.4 Å². The predicted molar refractivity (Wildman–Crippen MR) is 54.7 cm³/mol. The van der Waals surface area contributed by atoms with Gasteiger partial charge in [-0.15, -0.1) is 0 Å². The summed E-state index contributed by atoms with van der Waals surface area (Å²) in [7, 11) is 0. The SMILES string of the molecule is Cc1cn(Cc2cnc(C)o2)c(=S)[nH]1. The highest BCUT2D eigenvalue weighted by atomic mass is 32.1. The molecule has 2 heterocycles. The molecule has 0 saturated heterocycles. The van der Waals surface area contributed by atoms with Crippen molar-refractivity contribution in [2.24, 2.45) is 0 Å². The molecule has 0 bridgehead atoms. The Morgan fingerprint density at radius 1 is 1.57 bits per heavy atom. The average molecular weight is 209 g/mol. The van der Waals surface area contributed by atoms with E-state index in [0.717, 1.165) is 11.5 Å². The van der Waals surface area contributed by atoms with Gasteiger partial charge in [-0.3, -0.25) is 0 Å². The van der Waals surface area contributed by atoms with E-state index in [2.05, 4.69) is 9.97 Å². The maximum absolute atomic E-state index is 5.36. The van der Waals surface area contributed by atoms with E-state index in [1.807, 2.05) is 24.6 Å². The van der Waals surface area contributed by atoms with Gasteiger partial charge in [-0.1, -0.05) is 0 Å². The normalized spacial score (nSPS) is 10.7. The number of hydrogen-bond donors (Lipinski definition) is 1. The molecule has 0 amide bonds. The zero-order valence-electron chi connectivity index (χ0n) is 8.07. The zero-order valence-corrected chi connectivity index (χ0v) is 8.89. The molecule has 0 spiro atoms. The van der Waals surface area contributed by atoms with Crippen LogP contribution in [0.15, 0.2) is 16.8 Å². The highest BCUT2D eigenvalue weighted by molar-refractivity contribution is 7.71. The van der Waals surface area contributed by atoms with Gasteiger partial charge in [-0.05, 0) is 19.1 Å². The largest absolute Gasteiger partial charge is 0.444 e. The summed E-state index contributed by atoms with van der Waals surface area (Å²) in [4.78, 5) is 7.08. The number of nitrogens with zero attached hydrogens (tertiary/aromatic N) is 2. The van der Waals surface area contributed by atoms with E-state index in [1.165, 1.54) is 0 Å². The summed E-state index contributed by atoms with van der Waals surface area (Å²) in [5, 5.41) is 0. The lowest BCUT2D eigenvalue weighted by atomic mass is 10.5. The molecule has 0 atom stereocenters. The molecule has 0 fully saturated rings. The van der Waals surface area contributed by atoms with Gasteiger partial charge >= 0.3 is 0 Å². The topological polar surface area (TPSA) is 46.8 Å². The summed E-state index contributed by atoms with van der Waals surface area (Å²) >= 11 is 5.12. The number of rotatable bonds is 2. The Morgan fingerprint density at radius 3 is 2.86 bits per heavy atom. The summed E-state index contributed by atoms with van der Waals surface area (Å²) in [6.07, 6.45) is 3.68. The van der Waals surface area contributed by atoms with E-state index in [-0.39, 0.29) is 0 Å². The third kappa shape index (κ3) is 1.77. The fourth-order valence-corrected chi connectivity index (χ4v) is 1.61. The first kappa shape index (κ1) is 9.21. The van der Waals surface area contributed by atoms with Crippen molar-refractivity contribution in [2.75, 3.05) is 0 Å². The first-order chi connectivity index (χ1) is 6.65. The van der Waals surface area contributed by atoms with E-state index in [4.69, 9.17) is 16.6 Å². The van der Waals surface area contributed by atoms with Crippen LogP contribution in [0, 0.1) is 18.6 Å². The standard InChI is InChI=1S/C9H11N3OS/c1-6-4-12(9(14)11-6)5-8-3-10-7(2)13-8/h3-4H,5H2,1-2H3,(H,11,14). The van der Waals surface area contributed by atoms with Gasteiger partial charge in [-0.25, -0.2) is 4.98 Å². The predicted octanol–water partition coefficient (Wildman–Crippen LogP) is 2.20. The molecule has 74 valence electrons. The van der Waals surface area contributed by atoms with Crippen molar-refractivity contribution in [1.82, 2.24) is 14.5 Å². The second kappa shape index (κ2) is 3.42. The van der Waals surface area contributed by atoms with E-state index >= 15 is 0 Å². The number of oxazole rings is 1. The fourth-order valence-electron chi connectivity index (χ4n) is 1.33. The summed E-state index contributed by atoms with van der Waals surface area (Å²) < 4.78 is 7.99. The lowest BCUT2D eigenvalue weighted by Crippen LogP contribution is -1.96. The van der Waals surface area contributed by atoms with Crippen molar-refractivity contribution in [3.8, 4) is 0 Å². The minimum absolute atomic E-state index is 0.629. The molecule has 0 aromatic carbocycles. The number of aromatic nitrogens is 3. The Labute approximate surface area is 86.6 Å². The molecule has 0 aliphatic heterocycles. The van der Waals surface area contributed by atoms with Crippen LogP contribution in [-0.2, 0) is 6.54 Å². The Morgan fingerprint density at radius 2 is 2.36 bits per heavy atom. The minimum Gasteiger partial charge on any atom is -0.444 e. The molecule has 2 aromatic heterocycles. The molecule has 2 rings (SSSR count). The lowest BCUT2D eigenvalue weighted by Gasteiger charge is -1.96. The van der Waals surface area contributed by atoms with Crippen molar-refractivity contribution in [3.05, 3.63) is 34.5 Å². The van der Waals surface area contributed by atoms with Gasteiger partial charge in [-0.2, -0.15) is 0 Å². The van der Waals surface area contributed by atoms with Crippen LogP contribution >= 0.6 is 12.2 Å². The smallest absolute Gasteiger partial charge is 0.191 e. The molecular formula is C9H11N3OS. The number of H-pyrrole nitrogens is 1. The van der Waals surface area contributed by atoms with Crippen molar-refractivity contribution in [1.29, 1.82) is 0 Å². The van der Waals surface area contributed by atoms with Gasteiger partial charge in [0, 0.05) is 18.8 Å². The van der Waals surface area contributed by atoms with Crippen molar-refractivity contribution in [3.63, 3.8) is 0 Å².